The molecule has 0 aliphatic carbocycles. The molecule has 0 saturated carbocycles. The Balaban J connectivity index is 2.63. The van der Waals surface area contributed by atoms with Gasteiger partial charge in [0.05, 0.1) is 6.61 Å². The van der Waals surface area contributed by atoms with Gasteiger partial charge in [-0.15, -0.1) is 0 Å². The summed E-state index contributed by atoms with van der Waals surface area (Å²) in [5, 5.41) is 3.27. The Morgan fingerprint density at radius 2 is 2.11 bits per heavy atom. The molecular weight excluding hydrogens is 230 g/mol. The van der Waals surface area contributed by atoms with Gasteiger partial charge < -0.3 is 14.8 Å². The molecule has 0 radical (unpaired) electrons. The molecule has 5 heteroatoms. The average Bonchev–Trinajstić information content (AvgIpc) is 2.35. The first-order valence-corrected chi connectivity index (χ1v) is 6.53. The van der Waals surface area contributed by atoms with Crippen LogP contribution in [0.2, 0.25) is 0 Å². The minimum atomic E-state index is 0.617. The van der Waals surface area contributed by atoms with Crippen molar-refractivity contribution in [2.24, 2.45) is 0 Å². The quantitative estimate of drug-likeness (QED) is 0.684. The van der Waals surface area contributed by atoms with Crippen molar-refractivity contribution in [3.63, 3.8) is 0 Å². The molecule has 0 unspecified atom stereocenters. The monoisotopic (exact) mass is 253 g/mol. The standard InChI is InChI=1S/C13H23N3O2/c1-4-7-11-15-12(14-8-6-9-17-3)10-13(16-11)18-5-2/h10H,4-9H2,1-3H3,(H,14,15,16). The number of anilines is 1. The summed E-state index contributed by atoms with van der Waals surface area (Å²) in [4.78, 5) is 8.82. The fourth-order valence-corrected chi connectivity index (χ4v) is 1.55. The van der Waals surface area contributed by atoms with E-state index in [1.165, 1.54) is 0 Å². The van der Waals surface area contributed by atoms with Gasteiger partial charge in [-0.3, -0.25) is 0 Å². The topological polar surface area (TPSA) is 56.3 Å². The van der Waals surface area contributed by atoms with Crippen molar-refractivity contribution in [3.05, 3.63) is 11.9 Å². The van der Waals surface area contributed by atoms with E-state index in [1.54, 1.807) is 7.11 Å². The Morgan fingerprint density at radius 1 is 1.28 bits per heavy atom. The van der Waals surface area contributed by atoms with Gasteiger partial charge in [0.2, 0.25) is 5.88 Å². The Labute approximate surface area is 109 Å². The summed E-state index contributed by atoms with van der Waals surface area (Å²) in [6, 6.07) is 1.84. The van der Waals surface area contributed by atoms with E-state index in [2.05, 4.69) is 22.2 Å². The van der Waals surface area contributed by atoms with E-state index in [9.17, 15) is 0 Å². The van der Waals surface area contributed by atoms with Crippen LogP contribution in [0.3, 0.4) is 0 Å². The van der Waals surface area contributed by atoms with Gasteiger partial charge in [-0.05, 0) is 19.8 Å². The molecule has 0 saturated heterocycles. The zero-order chi connectivity index (χ0) is 13.2. The molecule has 0 atom stereocenters. The first-order valence-electron chi connectivity index (χ1n) is 6.53. The first kappa shape index (κ1) is 14.7. The van der Waals surface area contributed by atoms with E-state index in [-0.39, 0.29) is 0 Å². The zero-order valence-corrected chi connectivity index (χ0v) is 11.5. The number of nitrogens with one attached hydrogen (secondary N) is 1. The van der Waals surface area contributed by atoms with Gasteiger partial charge in [-0.2, -0.15) is 4.98 Å². The molecule has 0 spiro atoms. The Morgan fingerprint density at radius 3 is 2.78 bits per heavy atom. The predicted octanol–water partition coefficient (Wildman–Crippen LogP) is 2.28. The first-order chi connectivity index (χ1) is 8.80. The number of hydrogen-bond acceptors (Lipinski definition) is 5. The molecule has 0 bridgehead atoms. The highest BCUT2D eigenvalue weighted by molar-refractivity contribution is 5.38. The summed E-state index contributed by atoms with van der Waals surface area (Å²) < 4.78 is 10.5. The maximum atomic E-state index is 5.45. The number of ether oxygens (including phenoxy) is 2. The minimum absolute atomic E-state index is 0.617. The number of hydrogen-bond donors (Lipinski definition) is 1. The molecule has 1 rings (SSSR count). The number of aryl methyl sites for hydroxylation is 1. The predicted molar refractivity (Wildman–Crippen MR) is 72.2 cm³/mol. The van der Waals surface area contributed by atoms with E-state index in [4.69, 9.17) is 9.47 Å². The fraction of sp³-hybridized carbons (Fsp3) is 0.692. The van der Waals surface area contributed by atoms with Crippen LogP contribution in [-0.4, -0.2) is 36.8 Å². The van der Waals surface area contributed by atoms with Gasteiger partial charge in [-0.1, -0.05) is 6.92 Å². The third-order valence-electron chi connectivity index (χ3n) is 2.35. The van der Waals surface area contributed by atoms with Gasteiger partial charge in [0, 0.05) is 32.7 Å². The summed E-state index contributed by atoms with van der Waals surface area (Å²) in [6.07, 6.45) is 2.85. The van der Waals surface area contributed by atoms with Gasteiger partial charge in [0.15, 0.2) is 0 Å². The van der Waals surface area contributed by atoms with Crippen molar-refractivity contribution in [1.82, 2.24) is 9.97 Å². The smallest absolute Gasteiger partial charge is 0.218 e. The Bertz CT molecular complexity index is 321. The van der Waals surface area contributed by atoms with E-state index in [0.717, 1.165) is 44.1 Å². The molecule has 18 heavy (non-hydrogen) atoms. The molecule has 0 amide bonds. The van der Waals surface area contributed by atoms with Gasteiger partial charge in [0.1, 0.15) is 11.6 Å². The summed E-state index contributed by atoms with van der Waals surface area (Å²) in [7, 11) is 1.71. The van der Waals surface area contributed by atoms with Crippen LogP contribution >= 0.6 is 0 Å². The van der Waals surface area contributed by atoms with Crippen LogP contribution in [0.4, 0.5) is 5.82 Å². The van der Waals surface area contributed by atoms with Crippen LogP contribution in [0.5, 0.6) is 5.88 Å². The lowest BCUT2D eigenvalue weighted by Gasteiger charge is -2.09. The van der Waals surface area contributed by atoms with Crippen LogP contribution in [-0.2, 0) is 11.2 Å². The maximum Gasteiger partial charge on any atom is 0.218 e. The SMILES string of the molecule is CCCc1nc(NCCCOC)cc(OCC)n1. The normalized spacial score (nSPS) is 10.4. The number of rotatable bonds is 9. The molecule has 5 nitrogen and oxygen atoms in total. The molecule has 1 heterocycles. The fourth-order valence-electron chi connectivity index (χ4n) is 1.55. The summed E-state index contributed by atoms with van der Waals surface area (Å²) in [6.45, 7) is 6.27. The highest BCUT2D eigenvalue weighted by Crippen LogP contribution is 2.14. The molecule has 1 aromatic heterocycles. The molecule has 1 N–H and O–H groups in total. The van der Waals surface area contributed by atoms with E-state index >= 15 is 0 Å². The van der Waals surface area contributed by atoms with Crippen molar-refractivity contribution in [3.8, 4) is 5.88 Å². The number of nitrogens with zero attached hydrogens (tertiary/aromatic N) is 2. The van der Waals surface area contributed by atoms with Crippen molar-refractivity contribution in [2.45, 2.75) is 33.1 Å². The molecular formula is C13H23N3O2. The highest BCUT2D eigenvalue weighted by atomic mass is 16.5. The average molecular weight is 253 g/mol. The molecule has 102 valence electrons. The Kier molecular flexibility index (Phi) is 7.10. The Hall–Kier alpha value is -1.36. The van der Waals surface area contributed by atoms with Crippen LogP contribution in [0.1, 0.15) is 32.5 Å². The largest absolute Gasteiger partial charge is 0.478 e. The van der Waals surface area contributed by atoms with Crippen molar-refractivity contribution in [1.29, 1.82) is 0 Å². The molecule has 0 aliphatic rings. The summed E-state index contributed by atoms with van der Waals surface area (Å²) in [5.41, 5.74) is 0. The second kappa shape index (κ2) is 8.69. The van der Waals surface area contributed by atoms with Crippen molar-refractivity contribution in [2.75, 3.05) is 32.2 Å². The van der Waals surface area contributed by atoms with Gasteiger partial charge >= 0.3 is 0 Å². The van der Waals surface area contributed by atoms with Crippen molar-refractivity contribution >= 4 is 5.82 Å². The third kappa shape index (κ3) is 5.31. The second-order valence-electron chi connectivity index (χ2n) is 3.96. The van der Waals surface area contributed by atoms with E-state index in [1.807, 2.05) is 13.0 Å². The lowest BCUT2D eigenvalue weighted by atomic mass is 10.3. The van der Waals surface area contributed by atoms with Gasteiger partial charge in [0.25, 0.3) is 0 Å². The maximum absolute atomic E-state index is 5.45. The lowest BCUT2D eigenvalue weighted by molar-refractivity contribution is 0.197. The van der Waals surface area contributed by atoms with Crippen LogP contribution in [0.15, 0.2) is 6.07 Å². The number of aromatic nitrogens is 2. The molecule has 0 fully saturated rings. The summed E-state index contributed by atoms with van der Waals surface area (Å²) in [5.74, 6) is 2.30. The minimum Gasteiger partial charge on any atom is -0.478 e. The molecule has 0 aliphatic heterocycles. The van der Waals surface area contributed by atoms with E-state index in [0.29, 0.717) is 12.5 Å². The zero-order valence-electron chi connectivity index (χ0n) is 11.5. The second-order valence-corrected chi connectivity index (χ2v) is 3.96. The molecule has 0 aromatic carbocycles. The van der Waals surface area contributed by atoms with Gasteiger partial charge in [-0.25, -0.2) is 4.98 Å². The third-order valence-corrected chi connectivity index (χ3v) is 2.35. The summed E-state index contributed by atoms with van der Waals surface area (Å²) >= 11 is 0. The van der Waals surface area contributed by atoms with E-state index < -0.39 is 0 Å². The van der Waals surface area contributed by atoms with Crippen LogP contribution < -0.4 is 10.1 Å². The van der Waals surface area contributed by atoms with Crippen molar-refractivity contribution < 1.29 is 9.47 Å². The molecule has 1 aromatic rings. The number of methoxy groups -OCH3 is 1. The lowest BCUT2D eigenvalue weighted by Crippen LogP contribution is -2.09. The van der Waals surface area contributed by atoms with Crippen LogP contribution in [0, 0.1) is 0 Å². The van der Waals surface area contributed by atoms with Crippen LogP contribution in [0.25, 0.3) is 0 Å². The highest BCUT2D eigenvalue weighted by Gasteiger charge is 2.04.